The number of hydrogen-bond donors (Lipinski definition) is 1. The summed E-state index contributed by atoms with van der Waals surface area (Å²) in [7, 11) is 0. The van der Waals surface area contributed by atoms with Crippen LogP contribution >= 0.6 is 0 Å². The Morgan fingerprint density at radius 1 is 1.53 bits per heavy atom. The molecule has 2 rings (SSSR count). The van der Waals surface area contributed by atoms with E-state index >= 15 is 0 Å². The maximum absolute atomic E-state index is 12.9. The van der Waals surface area contributed by atoms with Crippen LogP contribution in [-0.4, -0.2) is 40.9 Å². The van der Waals surface area contributed by atoms with Gasteiger partial charge in [0.1, 0.15) is 6.04 Å². The van der Waals surface area contributed by atoms with Gasteiger partial charge >= 0.3 is 6.18 Å². The maximum atomic E-state index is 12.9. The van der Waals surface area contributed by atoms with Gasteiger partial charge in [0.2, 0.25) is 0 Å². The van der Waals surface area contributed by atoms with Gasteiger partial charge in [-0.25, -0.2) is 4.68 Å². The Bertz CT molecular complexity index is 426. The summed E-state index contributed by atoms with van der Waals surface area (Å²) in [6, 6.07) is -1.69. The van der Waals surface area contributed by atoms with Gasteiger partial charge in [0.05, 0.1) is 18.0 Å². The molecule has 8 heteroatoms. The zero-order chi connectivity index (χ0) is 14.0. The molecule has 2 unspecified atom stereocenters. The highest BCUT2D eigenvalue weighted by molar-refractivity contribution is 5.18. The number of hydrogen-bond acceptors (Lipinski definition) is 4. The standard InChI is InChI=1S/C11H17F3N4O/c1-7(11(12,13)14)18-10(8-3-5-19-6-8)9(2-4-15)16-17-18/h7-8H,2-6,15H2,1H3. The number of ether oxygens (including phenoxy) is 1. The number of nitrogens with zero attached hydrogens (tertiary/aromatic N) is 3. The lowest BCUT2D eigenvalue weighted by Crippen LogP contribution is -2.27. The third-order valence-electron chi connectivity index (χ3n) is 3.34. The summed E-state index contributed by atoms with van der Waals surface area (Å²) in [6.07, 6.45) is -3.23. The zero-order valence-corrected chi connectivity index (χ0v) is 10.7. The van der Waals surface area contributed by atoms with E-state index in [2.05, 4.69) is 10.3 Å². The number of rotatable bonds is 4. The molecule has 1 aliphatic rings. The fourth-order valence-corrected chi connectivity index (χ4v) is 2.25. The van der Waals surface area contributed by atoms with Crippen LogP contribution in [0.4, 0.5) is 13.2 Å². The Morgan fingerprint density at radius 2 is 2.26 bits per heavy atom. The van der Waals surface area contributed by atoms with Gasteiger partial charge in [0.25, 0.3) is 0 Å². The van der Waals surface area contributed by atoms with Crippen molar-refractivity contribution in [3.05, 3.63) is 11.4 Å². The lowest BCUT2D eigenvalue weighted by Gasteiger charge is -2.20. The Labute approximate surface area is 108 Å². The molecule has 5 nitrogen and oxygen atoms in total. The molecule has 108 valence electrons. The van der Waals surface area contributed by atoms with Crippen molar-refractivity contribution in [2.45, 2.75) is 37.9 Å². The van der Waals surface area contributed by atoms with Crippen molar-refractivity contribution < 1.29 is 17.9 Å². The van der Waals surface area contributed by atoms with Crippen molar-refractivity contribution in [2.24, 2.45) is 5.73 Å². The topological polar surface area (TPSA) is 66.0 Å². The predicted octanol–water partition coefficient (Wildman–Crippen LogP) is 1.41. The van der Waals surface area contributed by atoms with E-state index in [1.54, 1.807) is 0 Å². The van der Waals surface area contributed by atoms with Crippen molar-refractivity contribution in [3.63, 3.8) is 0 Å². The number of halogens is 3. The molecule has 0 aliphatic carbocycles. The van der Waals surface area contributed by atoms with Crippen LogP contribution in [0, 0.1) is 0 Å². The molecular formula is C11H17F3N4O. The minimum atomic E-state index is -4.35. The predicted molar refractivity (Wildman–Crippen MR) is 61.7 cm³/mol. The molecule has 1 saturated heterocycles. The highest BCUT2D eigenvalue weighted by Crippen LogP contribution is 2.35. The minimum absolute atomic E-state index is 0.0821. The lowest BCUT2D eigenvalue weighted by atomic mass is 10.0. The molecule has 1 aliphatic heterocycles. The molecule has 1 fully saturated rings. The molecule has 2 atom stereocenters. The molecule has 1 aromatic rings. The van der Waals surface area contributed by atoms with E-state index < -0.39 is 12.2 Å². The summed E-state index contributed by atoms with van der Waals surface area (Å²) in [4.78, 5) is 0. The van der Waals surface area contributed by atoms with Crippen molar-refractivity contribution in [3.8, 4) is 0 Å². The Balaban J connectivity index is 2.37. The first-order chi connectivity index (χ1) is 8.95. The summed E-state index contributed by atoms with van der Waals surface area (Å²) >= 11 is 0. The molecule has 0 radical (unpaired) electrons. The molecule has 2 heterocycles. The van der Waals surface area contributed by atoms with Crippen LogP contribution in [0.15, 0.2) is 0 Å². The second-order valence-corrected chi connectivity index (χ2v) is 4.68. The van der Waals surface area contributed by atoms with Crippen LogP contribution in [0.3, 0.4) is 0 Å². The Kier molecular flexibility index (Phi) is 4.10. The van der Waals surface area contributed by atoms with Crippen LogP contribution in [-0.2, 0) is 11.2 Å². The largest absolute Gasteiger partial charge is 0.410 e. The SMILES string of the molecule is CC(n1nnc(CCN)c1C1CCOC1)C(F)(F)F. The average molecular weight is 278 g/mol. The Hall–Kier alpha value is -1.15. The number of aromatic nitrogens is 3. The van der Waals surface area contributed by atoms with Gasteiger partial charge in [0.15, 0.2) is 0 Å². The second-order valence-electron chi connectivity index (χ2n) is 4.68. The lowest BCUT2D eigenvalue weighted by molar-refractivity contribution is -0.166. The van der Waals surface area contributed by atoms with Crippen LogP contribution in [0.5, 0.6) is 0 Å². The van der Waals surface area contributed by atoms with Gasteiger partial charge < -0.3 is 10.5 Å². The molecule has 0 amide bonds. The monoisotopic (exact) mass is 278 g/mol. The number of nitrogens with two attached hydrogens (primary N) is 1. The normalized spacial score (nSPS) is 21.8. The maximum Gasteiger partial charge on any atom is 0.410 e. The smallest absolute Gasteiger partial charge is 0.381 e. The van der Waals surface area contributed by atoms with Gasteiger partial charge in [-0.15, -0.1) is 5.10 Å². The minimum Gasteiger partial charge on any atom is -0.381 e. The summed E-state index contributed by atoms with van der Waals surface area (Å²) in [5.41, 5.74) is 6.54. The van der Waals surface area contributed by atoms with Crippen molar-refractivity contribution >= 4 is 0 Å². The second kappa shape index (κ2) is 5.46. The molecule has 2 N–H and O–H groups in total. The van der Waals surface area contributed by atoms with Gasteiger partial charge in [-0.2, -0.15) is 13.2 Å². The molecule has 0 aromatic carbocycles. The fraction of sp³-hybridized carbons (Fsp3) is 0.818. The highest BCUT2D eigenvalue weighted by Gasteiger charge is 2.41. The van der Waals surface area contributed by atoms with Gasteiger partial charge in [0, 0.05) is 18.9 Å². The molecule has 19 heavy (non-hydrogen) atoms. The van der Waals surface area contributed by atoms with Crippen molar-refractivity contribution in [1.82, 2.24) is 15.0 Å². The zero-order valence-electron chi connectivity index (χ0n) is 10.7. The van der Waals surface area contributed by atoms with Crippen molar-refractivity contribution in [2.75, 3.05) is 19.8 Å². The van der Waals surface area contributed by atoms with Crippen LogP contribution in [0.25, 0.3) is 0 Å². The average Bonchev–Trinajstić information content (AvgIpc) is 2.95. The van der Waals surface area contributed by atoms with Crippen LogP contribution in [0.2, 0.25) is 0 Å². The molecule has 1 aromatic heterocycles. The molecular weight excluding hydrogens is 261 g/mol. The van der Waals surface area contributed by atoms with E-state index in [0.29, 0.717) is 44.0 Å². The number of alkyl halides is 3. The van der Waals surface area contributed by atoms with E-state index in [1.165, 1.54) is 0 Å². The summed E-state index contributed by atoms with van der Waals surface area (Å²) in [6.45, 7) is 2.38. The van der Waals surface area contributed by atoms with Crippen molar-refractivity contribution in [1.29, 1.82) is 0 Å². The third-order valence-corrected chi connectivity index (χ3v) is 3.34. The first-order valence-electron chi connectivity index (χ1n) is 6.23. The van der Waals surface area contributed by atoms with Gasteiger partial charge in [-0.05, 0) is 19.9 Å². The van der Waals surface area contributed by atoms with E-state index in [1.807, 2.05) is 0 Å². The fourth-order valence-electron chi connectivity index (χ4n) is 2.25. The molecule has 0 saturated carbocycles. The molecule has 0 spiro atoms. The summed E-state index contributed by atoms with van der Waals surface area (Å²) < 4.78 is 44.8. The van der Waals surface area contributed by atoms with Gasteiger partial charge in [-0.3, -0.25) is 0 Å². The van der Waals surface area contributed by atoms with E-state index in [0.717, 1.165) is 11.6 Å². The van der Waals surface area contributed by atoms with E-state index in [-0.39, 0.29) is 5.92 Å². The summed E-state index contributed by atoms with van der Waals surface area (Å²) in [5.74, 6) is -0.0821. The van der Waals surface area contributed by atoms with Gasteiger partial charge in [-0.1, -0.05) is 5.21 Å². The third kappa shape index (κ3) is 2.89. The quantitative estimate of drug-likeness (QED) is 0.904. The highest BCUT2D eigenvalue weighted by atomic mass is 19.4. The Morgan fingerprint density at radius 3 is 2.79 bits per heavy atom. The van der Waals surface area contributed by atoms with Crippen LogP contribution in [0.1, 0.15) is 36.7 Å². The van der Waals surface area contributed by atoms with Crippen LogP contribution < -0.4 is 5.73 Å². The first-order valence-corrected chi connectivity index (χ1v) is 6.23. The van der Waals surface area contributed by atoms with E-state index in [9.17, 15) is 13.2 Å². The summed E-state index contributed by atoms with van der Waals surface area (Å²) in [5, 5.41) is 7.54. The van der Waals surface area contributed by atoms with E-state index in [4.69, 9.17) is 10.5 Å². The first kappa shape index (κ1) is 14.3. The molecule has 0 bridgehead atoms.